The Labute approximate surface area is 187 Å². The molecule has 1 saturated heterocycles. The summed E-state index contributed by atoms with van der Waals surface area (Å²) in [7, 11) is 0. The summed E-state index contributed by atoms with van der Waals surface area (Å²) in [5.41, 5.74) is 6.10. The van der Waals surface area contributed by atoms with Crippen molar-refractivity contribution in [1.29, 1.82) is 0 Å². The molecule has 10 heteroatoms. The van der Waals surface area contributed by atoms with Crippen LogP contribution in [0.3, 0.4) is 0 Å². The molecule has 1 fully saturated rings. The minimum Gasteiger partial charge on any atom is -0.383 e. The number of benzene rings is 1. The van der Waals surface area contributed by atoms with Gasteiger partial charge in [-0.05, 0) is 12.0 Å². The van der Waals surface area contributed by atoms with Crippen molar-refractivity contribution >= 4 is 17.4 Å². The molecule has 1 amide bonds. The predicted octanol–water partition coefficient (Wildman–Crippen LogP) is 0.0627. The number of carbonyl (C=O) groups is 1. The summed E-state index contributed by atoms with van der Waals surface area (Å²) in [6.45, 7) is 6.47. The lowest BCUT2D eigenvalue weighted by molar-refractivity contribution is -0.121. The molecule has 0 saturated carbocycles. The molecule has 174 valence electrons. The first-order valence-corrected chi connectivity index (χ1v) is 11.0. The topological polar surface area (TPSA) is 124 Å². The van der Waals surface area contributed by atoms with E-state index in [9.17, 15) is 14.4 Å². The Balaban J connectivity index is 1.75. The number of hydrogen-bond acceptors (Lipinski definition) is 7. The first-order valence-electron chi connectivity index (χ1n) is 11.0. The summed E-state index contributed by atoms with van der Waals surface area (Å²) in [6.07, 6.45) is 0.662. The highest BCUT2D eigenvalue weighted by atomic mass is 16.5. The van der Waals surface area contributed by atoms with Crippen molar-refractivity contribution in [1.82, 2.24) is 19.4 Å². The zero-order valence-corrected chi connectivity index (χ0v) is 18.5. The van der Waals surface area contributed by atoms with Gasteiger partial charge in [-0.3, -0.25) is 19.1 Å². The SMILES string of the molecule is CCCn1c(N)c(NCCN2CCOCC2)c(=O)n(CC(=O)NCc2ccccc2)c1=O. The van der Waals surface area contributed by atoms with Crippen molar-refractivity contribution in [2.75, 3.05) is 50.4 Å². The number of rotatable bonds is 10. The standard InChI is InChI=1S/C22H32N6O4/c1-2-9-27-20(23)19(24-8-10-26-11-13-32-14-12-26)21(30)28(22(27)31)16-18(29)25-15-17-6-4-3-5-7-17/h3-7,24H,2,8-16,23H2,1H3,(H,25,29). The quantitative estimate of drug-likeness (QED) is 0.474. The minimum atomic E-state index is -0.586. The lowest BCUT2D eigenvalue weighted by Gasteiger charge is -2.26. The number of hydrogen-bond donors (Lipinski definition) is 3. The highest BCUT2D eigenvalue weighted by molar-refractivity contribution is 5.76. The van der Waals surface area contributed by atoms with Crippen LogP contribution >= 0.6 is 0 Å². The van der Waals surface area contributed by atoms with Gasteiger partial charge in [0.05, 0.1) is 13.2 Å². The molecule has 32 heavy (non-hydrogen) atoms. The van der Waals surface area contributed by atoms with E-state index in [4.69, 9.17) is 10.5 Å². The van der Waals surface area contributed by atoms with Crippen molar-refractivity contribution in [3.63, 3.8) is 0 Å². The number of amides is 1. The van der Waals surface area contributed by atoms with Crippen LogP contribution in [-0.2, 0) is 29.2 Å². The van der Waals surface area contributed by atoms with Gasteiger partial charge in [-0.1, -0.05) is 37.3 Å². The Kier molecular flexibility index (Phi) is 8.46. The third-order valence-corrected chi connectivity index (χ3v) is 5.38. The van der Waals surface area contributed by atoms with Gasteiger partial charge < -0.3 is 21.1 Å². The molecule has 0 radical (unpaired) electrons. The number of nitrogen functional groups attached to an aromatic ring is 1. The lowest BCUT2D eigenvalue weighted by Crippen LogP contribution is -2.46. The molecule has 1 aromatic heterocycles. The normalized spacial score (nSPS) is 14.3. The molecule has 4 N–H and O–H groups in total. The van der Waals surface area contributed by atoms with E-state index in [1.165, 1.54) is 4.57 Å². The predicted molar refractivity (Wildman–Crippen MR) is 124 cm³/mol. The van der Waals surface area contributed by atoms with E-state index in [1.54, 1.807) is 0 Å². The third kappa shape index (κ3) is 5.98. The molecular formula is C22H32N6O4. The van der Waals surface area contributed by atoms with Gasteiger partial charge >= 0.3 is 5.69 Å². The average molecular weight is 445 g/mol. The van der Waals surface area contributed by atoms with Crippen molar-refractivity contribution in [3.05, 3.63) is 56.7 Å². The number of ether oxygens (including phenoxy) is 1. The molecule has 1 aromatic carbocycles. The zero-order chi connectivity index (χ0) is 22.9. The fraction of sp³-hybridized carbons (Fsp3) is 0.500. The Morgan fingerprint density at radius 2 is 1.81 bits per heavy atom. The minimum absolute atomic E-state index is 0.102. The summed E-state index contributed by atoms with van der Waals surface area (Å²) in [4.78, 5) is 40.7. The zero-order valence-electron chi connectivity index (χ0n) is 18.5. The van der Waals surface area contributed by atoms with Crippen LogP contribution in [0.25, 0.3) is 0 Å². The number of nitrogens with zero attached hydrogens (tertiary/aromatic N) is 3. The van der Waals surface area contributed by atoms with Gasteiger partial charge in [0.15, 0.2) is 0 Å². The van der Waals surface area contributed by atoms with E-state index >= 15 is 0 Å². The highest BCUT2D eigenvalue weighted by Crippen LogP contribution is 2.11. The van der Waals surface area contributed by atoms with Crippen molar-refractivity contribution in [2.24, 2.45) is 0 Å². The van der Waals surface area contributed by atoms with E-state index in [1.807, 2.05) is 37.3 Å². The number of nitrogens with one attached hydrogen (secondary N) is 2. The van der Waals surface area contributed by atoms with Gasteiger partial charge in [0.2, 0.25) is 5.91 Å². The molecule has 0 spiro atoms. The summed E-state index contributed by atoms with van der Waals surface area (Å²) in [5.74, 6) is -0.315. The van der Waals surface area contributed by atoms with Gasteiger partial charge in [0, 0.05) is 39.3 Å². The van der Waals surface area contributed by atoms with Crippen molar-refractivity contribution < 1.29 is 9.53 Å². The number of aromatic nitrogens is 2. The lowest BCUT2D eigenvalue weighted by atomic mass is 10.2. The summed E-state index contributed by atoms with van der Waals surface area (Å²) < 4.78 is 7.65. The molecule has 10 nitrogen and oxygen atoms in total. The van der Waals surface area contributed by atoms with Gasteiger partial charge in [-0.25, -0.2) is 9.36 Å². The Hall–Kier alpha value is -3.11. The number of carbonyl (C=O) groups excluding carboxylic acids is 1. The summed E-state index contributed by atoms with van der Waals surface area (Å²) >= 11 is 0. The molecule has 0 atom stereocenters. The van der Waals surface area contributed by atoms with Crippen molar-refractivity contribution in [3.8, 4) is 0 Å². The molecule has 3 rings (SSSR count). The van der Waals surface area contributed by atoms with E-state index in [2.05, 4.69) is 15.5 Å². The largest absolute Gasteiger partial charge is 0.383 e. The fourth-order valence-corrected chi connectivity index (χ4v) is 3.62. The molecule has 1 aliphatic rings. The average Bonchev–Trinajstić information content (AvgIpc) is 2.82. The van der Waals surface area contributed by atoms with E-state index in [0.29, 0.717) is 45.8 Å². The Morgan fingerprint density at radius 3 is 2.50 bits per heavy atom. The van der Waals surface area contributed by atoms with Crippen LogP contribution in [-0.4, -0.2) is 59.3 Å². The maximum atomic E-state index is 13.1. The second-order valence-electron chi connectivity index (χ2n) is 7.73. The third-order valence-electron chi connectivity index (χ3n) is 5.38. The van der Waals surface area contributed by atoms with Crippen LogP contribution in [0.15, 0.2) is 39.9 Å². The van der Waals surface area contributed by atoms with Crippen LogP contribution in [0.2, 0.25) is 0 Å². The van der Waals surface area contributed by atoms with Crippen molar-refractivity contribution in [2.45, 2.75) is 33.0 Å². The molecule has 2 aromatic rings. The first kappa shape index (κ1) is 23.6. The highest BCUT2D eigenvalue weighted by Gasteiger charge is 2.19. The van der Waals surface area contributed by atoms with Crippen LogP contribution in [0.4, 0.5) is 11.5 Å². The Morgan fingerprint density at radius 1 is 1.09 bits per heavy atom. The Bertz CT molecular complexity index is 1010. The first-order chi connectivity index (χ1) is 15.5. The number of anilines is 2. The van der Waals surface area contributed by atoms with Gasteiger partial charge in [-0.15, -0.1) is 0 Å². The monoisotopic (exact) mass is 444 g/mol. The summed E-state index contributed by atoms with van der Waals surface area (Å²) in [5, 5.41) is 5.85. The van der Waals surface area contributed by atoms with E-state index in [-0.39, 0.29) is 18.1 Å². The maximum absolute atomic E-state index is 13.1. The molecule has 0 bridgehead atoms. The van der Waals surface area contributed by atoms with Crippen LogP contribution in [0.1, 0.15) is 18.9 Å². The fourth-order valence-electron chi connectivity index (χ4n) is 3.62. The maximum Gasteiger partial charge on any atom is 0.333 e. The van der Waals surface area contributed by atoms with Gasteiger partial charge in [0.1, 0.15) is 18.1 Å². The smallest absolute Gasteiger partial charge is 0.333 e. The van der Waals surface area contributed by atoms with Crippen LogP contribution in [0, 0.1) is 0 Å². The van der Waals surface area contributed by atoms with Gasteiger partial charge in [0.25, 0.3) is 5.56 Å². The van der Waals surface area contributed by atoms with E-state index < -0.39 is 17.2 Å². The number of morpholine rings is 1. The molecule has 0 unspecified atom stereocenters. The number of nitrogens with two attached hydrogens (primary N) is 1. The van der Waals surface area contributed by atoms with Crippen LogP contribution < -0.4 is 27.6 Å². The van der Waals surface area contributed by atoms with Crippen LogP contribution in [0.5, 0.6) is 0 Å². The molecular weight excluding hydrogens is 412 g/mol. The molecule has 1 aliphatic heterocycles. The van der Waals surface area contributed by atoms with Gasteiger partial charge in [-0.2, -0.15) is 0 Å². The second kappa shape index (κ2) is 11.5. The molecule has 0 aliphatic carbocycles. The second-order valence-corrected chi connectivity index (χ2v) is 7.73. The molecule has 2 heterocycles. The summed E-state index contributed by atoms with van der Waals surface area (Å²) in [6, 6.07) is 9.43. The van der Waals surface area contributed by atoms with E-state index in [0.717, 1.165) is 23.2 Å².